The van der Waals surface area contributed by atoms with Gasteiger partial charge < -0.3 is 4.74 Å². The van der Waals surface area contributed by atoms with Gasteiger partial charge in [-0.15, -0.1) is 0 Å². The highest BCUT2D eigenvalue weighted by Crippen LogP contribution is 2.23. The average molecular weight is 337 g/mol. The standard InChI is InChI=1S/C14H19N5O3S/c15-10-13-14(17-6-5-16-13)22-12-4-3-9-19(11-12)23(20,21)18-7-1-2-8-18/h5-6,12H,1-4,7-9,11H2. The van der Waals surface area contributed by atoms with E-state index in [2.05, 4.69) is 9.97 Å². The third-order valence-electron chi connectivity index (χ3n) is 4.11. The number of nitrogens with zero attached hydrogens (tertiary/aromatic N) is 5. The molecule has 0 aliphatic carbocycles. The molecule has 3 rings (SSSR count). The summed E-state index contributed by atoms with van der Waals surface area (Å²) in [7, 11) is -3.42. The lowest BCUT2D eigenvalue weighted by Gasteiger charge is -2.34. The minimum atomic E-state index is -3.42. The summed E-state index contributed by atoms with van der Waals surface area (Å²) < 4.78 is 34.0. The van der Waals surface area contributed by atoms with E-state index in [9.17, 15) is 8.42 Å². The van der Waals surface area contributed by atoms with Crippen LogP contribution >= 0.6 is 0 Å². The van der Waals surface area contributed by atoms with Crippen molar-refractivity contribution in [1.82, 2.24) is 18.6 Å². The summed E-state index contributed by atoms with van der Waals surface area (Å²) in [6, 6.07) is 1.93. The van der Waals surface area contributed by atoms with Gasteiger partial charge in [-0.1, -0.05) is 0 Å². The third kappa shape index (κ3) is 3.44. The molecular weight excluding hydrogens is 318 g/mol. The predicted molar refractivity (Wildman–Crippen MR) is 81.7 cm³/mol. The van der Waals surface area contributed by atoms with Crippen LogP contribution in [0.4, 0.5) is 0 Å². The summed E-state index contributed by atoms with van der Waals surface area (Å²) >= 11 is 0. The normalized spacial score (nSPS) is 23.5. The van der Waals surface area contributed by atoms with Crippen molar-refractivity contribution in [3.63, 3.8) is 0 Å². The van der Waals surface area contributed by atoms with Crippen molar-refractivity contribution in [2.75, 3.05) is 26.2 Å². The molecule has 2 saturated heterocycles. The number of piperidine rings is 1. The van der Waals surface area contributed by atoms with E-state index in [-0.39, 0.29) is 24.2 Å². The molecule has 0 aromatic carbocycles. The molecule has 1 aromatic heterocycles. The lowest BCUT2D eigenvalue weighted by Crippen LogP contribution is -2.49. The Morgan fingerprint density at radius 3 is 2.57 bits per heavy atom. The summed E-state index contributed by atoms with van der Waals surface area (Å²) in [5.41, 5.74) is 0.118. The van der Waals surface area contributed by atoms with E-state index in [1.54, 1.807) is 4.31 Å². The fourth-order valence-electron chi connectivity index (χ4n) is 2.94. The van der Waals surface area contributed by atoms with Gasteiger partial charge in [-0.2, -0.15) is 22.3 Å². The first-order chi connectivity index (χ1) is 11.1. The van der Waals surface area contributed by atoms with Crippen molar-refractivity contribution in [2.45, 2.75) is 31.8 Å². The van der Waals surface area contributed by atoms with E-state index in [1.165, 1.54) is 16.7 Å². The number of hydrogen-bond acceptors (Lipinski definition) is 6. The molecule has 0 N–H and O–H groups in total. The van der Waals surface area contributed by atoms with E-state index in [1.807, 2.05) is 6.07 Å². The van der Waals surface area contributed by atoms with E-state index >= 15 is 0 Å². The Balaban J connectivity index is 1.70. The SMILES string of the molecule is N#Cc1nccnc1OC1CCCN(S(=O)(=O)N2CCCC2)C1. The van der Waals surface area contributed by atoms with Crippen LogP contribution in [-0.4, -0.2) is 59.3 Å². The molecule has 2 aliphatic rings. The fourth-order valence-corrected chi connectivity index (χ4v) is 4.70. The summed E-state index contributed by atoms with van der Waals surface area (Å²) in [5.74, 6) is 0.167. The first kappa shape index (κ1) is 16.1. The number of rotatable bonds is 4. The number of nitriles is 1. The second kappa shape index (κ2) is 6.78. The van der Waals surface area contributed by atoms with Crippen molar-refractivity contribution >= 4 is 10.2 Å². The monoisotopic (exact) mass is 337 g/mol. The van der Waals surface area contributed by atoms with Crippen molar-refractivity contribution in [1.29, 1.82) is 5.26 Å². The zero-order valence-corrected chi connectivity index (χ0v) is 13.6. The Morgan fingerprint density at radius 1 is 1.13 bits per heavy atom. The zero-order chi connectivity index (χ0) is 16.3. The maximum Gasteiger partial charge on any atom is 0.282 e. The summed E-state index contributed by atoms with van der Waals surface area (Å²) in [6.45, 7) is 1.96. The van der Waals surface area contributed by atoms with Crippen LogP contribution in [0.5, 0.6) is 5.88 Å². The Morgan fingerprint density at radius 2 is 1.83 bits per heavy atom. The van der Waals surface area contributed by atoms with Gasteiger partial charge in [-0.05, 0) is 25.7 Å². The van der Waals surface area contributed by atoms with Gasteiger partial charge in [0.15, 0.2) is 0 Å². The van der Waals surface area contributed by atoms with E-state index in [0.717, 1.165) is 25.7 Å². The van der Waals surface area contributed by atoms with E-state index in [0.29, 0.717) is 19.6 Å². The summed E-state index contributed by atoms with van der Waals surface area (Å²) in [4.78, 5) is 7.93. The van der Waals surface area contributed by atoms with Crippen LogP contribution in [-0.2, 0) is 10.2 Å². The van der Waals surface area contributed by atoms with Crippen molar-refractivity contribution in [3.05, 3.63) is 18.1 Å². The Bertz CT molecular complexity index is 697. The molecule has 23 heavy (non-hydrogen) atoms. The van der Waals surface area contributed by atoms with Crippen molar-refractivity contribution in [3.8, 4) is 11.9 Å². The van der Waals surface area contributed by atoms with E-state index in [4.69, 9.17) is 10.00 Å². The van der Waals surface area contributed by atoms with E-state index < -0.39 is 10.2 Å². The average Bonchev–Trinajstić information content (AvgIpc) is 3.11. The molecule has 0 amide bonds. The lowest BCUT2D eigenvalue weighted by molar-refractivity contribution is 0.120. The van der Waals surface area contributed by atoms with Gasteiger partial charge in [0.2, 0.25) is 5.69 Å². The van der Waals surface area contributed by atoms with Crippen molar-refractivity contribution < 1.29 is 13.2 Å². The molecule has 1 aromatic rings. The molecule has 3 heterocycles. The lowest BCUT2D eigenvalue weighted by atomic mass is 10.1. The fraction of sp³-hybridized carbons (Fsp3) is 0.643. The van der Waals surface area contributed by atoms with Crippen LogP contribution in [0.1, 0.15) is 31.4 Å². The molecule has 0 saturated carbocycles. The van der Waals surface area contributed by atoms with Gasteiger partial charge in [0, 0.05) is 32.0 Å². The maximum atomic E-state index is 12.6. The molecule has 2 fully saturated rings. The van der Waals surface area contributed by atoms with Gasteiger partial charge >= 0.3 is 0 Å². The minimum absolute atomic E-state index is 0.118. The predicted octanol–water partition coefficient (Wildman–Crippen LogP) is 0.532. The van der Waals surface area contributed by atoms with Crippen LogP contribution in [0, 0.1) is 11.3 Å². The number of ether oxygens (including phenoxy) is 1. The number of aromatic nitrogens is 2. The molecule has 0 bridgehead atoms. The molecule has 8 nitrogen and oxygen atoms in total. The zero-order valence-electron chi connectivity index (χ0n) is 12.8. The maximum absolute atomic E-state index is 12.6. The Kier molecular flexibility index (Phi) is 4.75. The minimum Gasteiger partial charge on any atom is -0.471 e. The first-order valence-electron chi connectivity index (χ1n) is 7.74. The Hall–Kier alpha value is -1.76. The highest BCUT2D eigenvalue weighted by atomic mass is 32.2. The van der Waals surface area contributed by atoms with Gasteiger partial charge in [0.25, 0.3) is 16.1 Å². The third-order valence-corrected chi connectivity index (χ3v) is 6.11. The highest BCUT2D eigenvalue weighted by molar-refractivity contribution is 7.86. The largest absolute Gasteiger partial charge is 0.471 e. The molecule has 0 spiro atoms. The van der Waals surface area contributed by atoms with Gasteiger partial charge in [0.05, 0.1) is 6.54 Å². The van der Waals surface area contributed by atoms with Crippen LogP contribution in [0.15, 0.2) is 12.4 Å². The smallest absolute Gasteiger partial charge is 0.282 e. The van der Waals surface area contributed by atoms with Gasteiger partial charge in [-0.25, -0.2) is 9.97 Å². The quantitative estimate of drug-likeness (QED) is 0.795. The molecule has 1 unspecified atom stereocenters. The highest BCUT2D eigenvalue weighted by Gasteiger charge is 2.35. The van der Waals surface area contributed by atoms with Crippen molar-refractivity contribution in [2.24, 2.45) is 0 Å². The second-order valence-electron chi connectivity index (χ2n) is 5.68. The van der Waals surface area contributed by atoms with Crippen LogP contribution in [0.3, 0.4) is 0 Å². The molecule has 0 radical (unpaired) electrons. The van der Waals surface area contributed by atoms with Crippen LogP contribution in [0.2, 0.25) is 0 Å². The summed E-state index contributed by atoms with van der Waals surface area (Å²) in [6.07, 6.45) is 5.85. The number of hydrogen-bond donors (Lipinski definition) is 0. The molecule has 2 aliphatic heterocycles. The molecule has 124 valence electrons. The molecule has 1 atom stereocenters. The van der Waals surface area contributed by atoms with Gasteiger partial charge in [0.1, 0.15) is 12.2 Å². The second-order valence-corrected chi connectivity index (χ2v) is 7.60. The molecule has 9 heteroatoms. The van der Waals surface area contributed by atoms with Crippen LogP contribution in [0.25, 0.3) is 0 Å². The van der Waals surface area contributed by atoms with Gasteiger partial charge in [-0.3, -0.25) is 0 Å². The molecular formula is C14H19N5O3S. The first-order valence-corrected chi connectivity index (χ1v) is 9.14. The Labute approximate surface area is 135 Å². The topological polar surface area (TPSA) is 99.4 Å². The van der Waals surface area contributed by atoms with Crippen LogP contribution < -0.4 is 4.74 Å². The summed E-state index contributed by atoms with van der Waals surface area (Å²) in [5, 5.41) is 9.03.